The summed E-state index contributed by atoms with van der Waals surface area (Å²) in [5.41, 5.74) is -2.98. The van der Waals surface area contributed by atoms with Gasteiger partial charge in [-0.1, -0.05) is 13.2 Å². The fraction of sp³-hybridized carbons (Fsp3) is 0.526. The van der Waals surface area contributed by atoms with E-state index < -0.39 is 54.3 Å². The fourth-order valence-corrected chi connectivity index (χ4v) is 2.92. The van der Waals surface area contributed by atoms with Crippen molar-refractivity contribution in [2.75, 3.05) is 39.6 Å². The lowest BCUT2D eigenvalue weighted by Crippen LogP contribution is -2.54. The second-order valence-corrected chi connectivity index (χ2v) is 7.52. The second kappa shape index (κ2) is 15.3. The molecule has 0 saturated carbocycles. The van der Waals surface area contributed by atoms with Gasteiger partial charge in [0, 0.05) is 12.2 Å². The first-order valence-corrected chi connectivity index (χ1v) is 10.8. The van der Waals surface area contributed by atoms with Crippen molar-refractivity contribution < 1.29 is 38.7 Å². The van der Waals surface area contributed by atoms with Gasteiger partial charge in [-0.3, -0.25) is 0 Å². The predicted octanol–water partition coefficient (Wildman–Crippen LogP) is -2.42. The van der Waals surface area contributed by atoms with Gasteiger partial charge < -0.3 is 29.2 Å². The highest BCUT2D eigenvalue weighted by molar-refractivity contribution is 14.1. The van der Waals surface area contributed by atoms with E-state index in [0.29, 0.717) is 11.9 Å². The van der Waals surface area contributed by atoms with Gasteiger partial charge in [0.15, 0.2) is 0 Å². The number of aliphatic hydroxyl groups is 2. The van der Waals surface area contributed by atoms with Crippen LogP contribution in [0.4, 0.5) is 0 Å². The number of halogens is 1. The summed E-state index contributed by atoms with van der Waals surface area (Å²) in [4.78, 5) is 59.2. The van der Waals surface area contributed by atoms with Crippen LogP contribution in [0.2, 0.25) is 0 Å². The molecule has 0 aliphatic heterocycles. The Kier molecular flexibility index (Phi) is 13.3. The second-order valence-electron chi connectivity index (χ2n) is 6.55. The lowest BCUT2D eigenvalue weighted by atomic mass is 10.3. The Balaban J connectivity index is 2.73. The summed E-state index contributed by atoms with van der Waals surface area (Å²) in [5.74, 6) is -1.27. The third-order valence-corrected chi connectivity index (χ3v) is 4.77. The maximum atomic E-state index is 12.7. The number of rotatable bonds is 16. The Hall–Kier alpha value is -2.60. The summed E-state index contributed by atoms with van der Waals surface area (Å²) in [6, 6.07) is 0. The smallest absolute Gasteiger partial charge is 0.345 e. The zero-order valence-electron chi connectivity index (χ0n) is 18.2. The van der Waals surface area contributed by atoms with Crippen molar-refractivity contribution in [1.82, 2.24) is 11.9 Å². The highest BCUT2D eigenvalue weighted by atomic mass is 127. The molecular formula is C19H26IN3O11. The van der Waals surface area contributed by atoms with Gasteiger partial charge in [-0.25, -0.2) is 33.1 Å². The molecule has 0 aliphatic rings. The van der Waals surface area contributed by atoms with Crippen molar-refractivity contribution in [2.24, 2.45) is 0 Å². The number of nitrogens with zero attached hydrogens (tertiary/aromatic N) is 3. The normalized spacial score (nSPS) is 12.6. The summed E-state index contributed by atoms with van der Waals surface area (Å²) in [6.07, 6.45) is -0.631. The topological polar surface area (TPSA) is 178 Å². The molecule has 0 spiro atoms. The lowest BCUT2D eigenvalue weighted by molar-refractivity contribution is -0.140. The molecule has 190 valence electrons. The Morgan fingerprint density at radius 1 is 0.794 bits per heavy atom. The van der Waals surface area contributed by atoms with Gasteiger partial charge in [0.25, 0.3) is 0 Å². The number of hydrogen-bond donors (Lipinski definition) is 2. The van der Waals surface area contributed by atoms with Crippen molar-refractivity contribution in [3.05, 3.63) is 56.8 Å². The first kappa shape index (κ1) is 29.4. The van der Waals surface area contributed by atoms with Gasteiger partial charge in [-0.15, -0.1) is 0 Å². The Bertz CT molecular complexity index is 954. The third kappa shape index (κ3) is 9.72. The molecule has 2 N–H and O–H groups in total. The monoisotopic (exact) mass is 599 g/mol. The molecule has 1 aromatic rings. The average Bonchev–Trinajstić information content (AvgIpc) is 2.82. The Morgan fingerprint density at radius 2 is 1.18 bits per heavy atom. The number of aromatic nitrogens is 3. The van der Waals surface area contributed by atoms with E-state index in [2.05, 4.69) is 13.2 Å². The fourth-order valence-electron chi connectivity index (χ4n) is 2.40. The van der Waals surface area contributed by atoms with Gasteiger partial charge >= 0.3 is 29.0 Å². The van der Waals surface area contributed by atoms with E-state index >= 15 is 0 Å². The highest BCUT2D eigenvalue weighted by Gasteiger charge is 2.19. The van der Waals surface area contributed by atoms with E-state index in [4.69, 9.17) is 18.9 Å². The SMILES string of the molecule is C=CC(=O)OCCOCC(O)Cn1c(=O)n(I)c(=O)n(CC(O)COCCOC(=O)C=C)c1=O. The van der Waals surface area contributed by atoms with Crippen LogP contribution in [-0.4, -0.2) is 85.9 Å². The standard InChI is InChI=1S/C19H26IN3O11/c1-3-15(26)33-7-5-31-11-13(24)9-21-17(28)22(19(30)23(20)18(21)29)10-14(25)12-32-6-8-34-16(27)4-2/h3-4,13-14,24-25H,1-2,5-12H2. The van der Waals surface area contributed by atoms with Gasteiger partial charge in [0.05, 0.1) is 74.6 Å². The van der Waals surface area contributed by atoms with Gasteiger partial charge in [-0.05, 0) is 0 Å². The van der Waals surface area contributed by atoms with E-state index in [1.54, 1.807) is 0 Å². The minimum absolute atomic E-state index is 0.0411. The van der Waals surface area contributed by atoms with Crippen molar-refractivity contribution >= 4 is 34.8 Å². The Morgan fingerprint density at radius 3 is 1.53 bits per heavy atom. The van der Waals surface area contributed by atoms with E-state index in [9.17, 15) is 34.2 Å². The first-order valence-electron chi connectivity index (χ1n) is 9.85. The minimum Gasteiger partial charge on any atom is -0.460 e. The molecular weight excluding hydrogens is 573 g/mol. The minimum atomic E-state index is -1.30. The molecule has 0 aliphatic carbocycles. The third-order valence-electron chi connectivity index (χ3n) is 3.94. The van der Waals surface area contributed by atoms with Crippen LogP contribution in [0.1, 0.15) is 0 Å². The van der Waals surface area contributed by atoms with Crippen LogP contribution in [0.25, 0.3) is 0 Å². The molecule has 1 heterocycles. The summed E-state index contributed by atoms with van der Waals surface area (Å²) in [5, 5.41) is 20.2. The van der Waals surface area contributed by atoms with Crippen LogP contribution < -0.4 is 17.1 Å². The maximum Gasteiger partial charge on any atom is 0.345 e. The van der Waals surface area contributed by atoms with Crippen LogP contribution in [-0.2, 0) is 41.6 Å². The molecule has 2 unspecified atom stereocenters. The molecule has 1 aromatic heterocycles. The molecule has 34 heavy (non-hydrogen) atoms. The molecule has 0 saturated heterocycles. The first-order chi connectivity index (χ1) is 16.1. The number of carbonyl (C=O) groups is 2. The van der Waals surface area contributed by atoms with Crippen molar-refractivity contribution in [3.8, 4) is 0 Å². The quantitative estimate of drug-likeness (QED) is 0.0895. The maximum absolute atomic E-state index is 12.7. The average molecular weight is 599 g/mol. The van der Waals surface area contributed by atoms with Crippen LogP contribution >= 0.6 is 22.9 Å². The zero-order chi connectivity index (χ0) is 25.7. The van der Waals surface area contributed by atoms with Gasteiger partial charge in [0.2, 0.25) is 0 Å². The summed E-state index contributed by atoms with van der Waals surface area (Å²) < 4.78 is 21.5. The van der Waals surface area contributed by atoms with Crippen LogP contribution in [0.5, 0.6) is 0 Å². The molecule has 14 nitrogen and oxygen atoms in total. The molecule has 0 radical (unpaired) electrons. The molecule has 0 amide bonds. The molecule has 0 aromatic carbocycles. The Labute approximate surface area is 207 Å². The van der Waals surface area contributed by atoms with E-state index in [0.717, 1.165) is 12.2 Å². The van der Waals surface area contributed by atoms with Crippen molar-refractivity contribution in [3.63, 3.8) is 0 Å². The molecule has 0 fully saturated rings. The summed E-state index contributed by atoms with van der Waals surface area (Å²) >= 11 is 1.40. The lowest BCUT2D eigenvalue weighted by Gasteiger charge is -2.16. The van der Waals surface area contributed by atoms with Crippen LogP contribution in [0.3, 0.4) is 0 Å². The number of hydrogen-bond acceptors (Lipinski definition) is 11. The largest absolute Gasteiger partial charge is 0.460 e. The number of esters is 2. The number of ether oxygens (including phenoxy) is 4. The van der Waals surface area contributed by atoms with Gasteiger partial charge in [-0.2, -0.15) is 2.78 Å². The molecule has 0 bridgehead atoms. The van der Waals surface area contributed by atoms with E-state index in [-0.39, 0.29) is 39.6 Å². The van der Waals surface area contributed by atoms with Crippen LogP contribution in [0, 0.1) is 0 Å². The van der Waals surface area contributed by atoms with E-state index in [1.165, 1.54) is 22.9 Å². The van der Waals surface area contributed by atoms with Gasteiger partial charge in [0.1, 0.15) is 13.2 Å². The zero-order valence-corrected chi connectivity index (χ0v) is 20.3. The molecule has 2 atom stereocenters. The number of carbonyl (C=O) groups excluding carboxylic acids is 2. The molecule has 1 rings (SSSR count). The van der Waals surface area contributed by atoms with Crippen molar-refractivity contribution in [2.45, 2.75) is 25.3 Å². The summed E-state index contributed by atoms with van der Waals surface area (Å²) in [7, 11) is 0. The van der Waals surface area contributed by atoms with Crippen LogP contribution in [0.15, 0.2) is 39.7 Å². The predicted molar refractivity (Wildman–Crippen MR) is 125 cm³/mol. The van der Waals surface area contributed by atoms with Crippen molar-refractivity contribution in [1.29, 1.82) is 0 Å². The van der Waals surface area contributed by atoms with E-state index in [1.807, 2.05) is 0 Å². The summed E-state index contributed by atoms with van der Waals surface area (Å²) in [6.45, 7) is 4.66. The number of aliphatic hydroxyl groups excluding tert-OH is 2. The molecule has 15 heteroatoms. The highest BCUT2D eigenvalue weighted by Crippen LogP contribution is 1.93.